The number of halogens is 2. The van der Waals surface area contributed by atoms with Crippen molar-refractivity contribution in [3.63, 3.8) is 0 Å². The molecule has 6 rings (SSSR count). The average molecular weight is 719 g/mol. The summed E-state index contributed by atoms with van der Waals surface area (Å²) in [5.41, 5.74) is 7.50. The van der Waals surface area contributed by atoms with Crippen LogP contribution in [0.3, 0.4) is 0 Å². The van der Waals surface area contributed by atoms with Gasteiger partial charge in [-0.3, -0.25) is 14.6 Å². The smallest absolute Gasteiger partial charge is 0.264 e. The SMILES string of the molecule is C#CC(C1=C(N(C)C(CCC)CCC)CCN(C=O)C1)N1CCCc2cc(-c3cn(C)c4c3C=NCC4)c(C(F)F)cc21.CC.CC(=O)C1CNC1. The van der Waals surface area contributed by atoms with E-state index in [1.807, 2.05) is 43.9 Å². The molecule has 1 N–H and O–H groups in total. The Labute approximate surface area is 310 Å². The number of ketones is 1. The Hall–Kier alpha value is -3.97. The highest BCUT2D eigenvalue weighted by atomic mass is 19.3. The van der Waals surface area contributed by atoms with Gasteiger partial charge in [-0.05, 0) is 55.9 Å². The molecule has 10 heteroatoms. The summed E-state index contributed by atoms with van der Waals surface area (Å²) < 4.78 is 31.7. The second kappa shape index (κ2) is 19.2. The van der Waals surface area contributed by atoms with Crippen LogP contribution in [-0.4, -0.2) is 91.2 Å². The number of hydrogen-bond acceptors (Lipinski definition) is 6. The molecule has 1 unspecified atom stereocenters. The second-order valence-electron chi connectivity index (χ2n) is 14.1. The third kappa shape index (κ3) is 8.97. The van der Waals surface area contributed by atoms with E-state index in [9.17, 15) is 18.4 Å². The van der Waals surface area contributed by atoms with Gasteiger partial charge in [0.15, 0.2) is 0 Å². The molecule has 1 atom stereocenters. The van der Waals surface area contributed by atoms with Crippen LogP contribution in [0.2, 0.25) is 0 Å². The van der Waals surface area contributed by atoms with Crippen LogP contribution in [0.1, 0.15) is 102 Å². The van der Waals surface area contributed by atoms with Crippen LogP contribution in [0.5, 0.6) is 0 Å². The standard InChI is InChI=1S/C35H45F2N5O.C5H9NO.C2H6/c1-6-10-25(11-7-2)40(5)33-14-17-41(23-43)22-30(33)31(8-3)42-16-9-12-24-18-26(27(35(36)37)19-34(24)42)29-21-39(4)32-13-15-38-20-28(29)32;1-4(7)5-2-6-3-5;1-2/h3,18-21,23,25,31,35H,6-7,9-17,22H2,1-2,4-5H3;5-6H,2-3H2,1H3;1-2H3. The summed E-state index contributed by atoms with van der Waals surface area (Å²) in [6, 6.07) is 3.60. The molecule has 1 aromatic heterocycles. The zero-order valence-corrected chi connectivity index (χ0v) is 32.5. The van der Waals surface area contributed by atoms with E-state index in [2.05, 4.69) is 46.9 Å². The highest BCUT2D eigenvalue weighted by Crippen LogP contribution is 2.42. The van der Waals surface area contributed by atoms with Crippen molar-refractivity contribution in [2.75, 3.05) is 51.2 Å². The van der Waals surface area contributed by atoms with Crippen molar-refractivity contribution < 1.29 is 18.4 Å². The maximum Gasteiger partial charge on any atom is 0.264 e. The van der Waals surface area contributed by atoms with E-state index in [0.717, 1.165) is 105 Å². The summed E-state index contributed by atoms with van der Waals surface area (Å²) in [5.74, 6) is 3.70. The molecule has 1 fully saturated rings. The third-order valence-electron chi connectivity index (χ3n) is 10.9. The summed E-state index contributed by atoms with van der Waals surface area (Å²) in [5, 5.41) is 3.02. The molecule has 1 amide bonds. The van der Waals surface area contributed by atoms with Gasteiger partial charge in [-0.1, -0.05) is 46.5 Å². The van der Waals surface area contributed by atoms with Crippen LogP contribution in [-0.2, 0) is 29.5 Å². The van der Waals surface area contributed by atoms with Crippen LogP contribution in [0, 0.1) is 18.3 Å². The highest BCUT2D eigenvalue weighted by Gasteiger charge is 2.34. The number of hydrogen-bond donors (Lipinski definition) is 1. The Morgan fingerprint density at radius 3 is 2.38 bits per heavy atom. The quantitative estimate of drug-likeness (QED) is 0.186. The first kappa shape index (κ1) is 40.8. The van der Waals surface area contributed by atoms with Gasteiger partial charge in [-0.15, -0.1) is 6.42 Å². The fourth-order valence-electron chi connectivity index (χ4n) is 7.95. The zero-order valence-electron chi connectivity index (χ0n) is 32.5. The largest absolute Gasteiger partial charge is 0.375 e. The molecule has 284 valence electrons. The number of anilines is 1. The average Bonchev–Trinajstić information content (AvgIpc) is 3.47. The molecule has 52 heavy (non-hydrogen) atoms. The van der Waals surface area contributed by atoms with E-state index in [4.69, 9.17) is 6.42 Å². The Bertz CT molecular complexity index is 1630. The molecule has 0 spiro atoms. The van der Waals surface area contributed by atoms with Crippen LogP contribution >= 0.6 is 0 Å². The number of fused-ring (bicyclic) bond motifs is 2. The third-order valence-corrected chi connectivity index (χ3v) is 10.9. The first-order valence-corrected chi connectivity index (χ1v) is 19.3. The van der Waals surface area contributed by atoms with Crippen molar-refractivity contribution in [1.82, 2.24) is 19.7 Å². The van der Waals surface area contributed by atoms with E-state index >= 15 is 0 Å². The van der Waals surface area contributed by atoms with Crippen LogP contribution in [0.15, 0.2) is 34.6 Å². The summed E-state index contributed by atoms with van der Waals surface area (Å²) >= 11 is 0. The topological polar surface area (TPSA) is 73.2 Å². The minimum absolute atomic E-state index is 0.0178. The summed E-state index contributed by atoms with van der Waals surface area (Å²) in [6.45, 7) is 14.3. The molecule has 0 aliphatic carbocycles. The van der Waals surface area contributed by atoms with Gasteiger partial charge in [-0.25, -0.2) is 8.78 Å². The summed E-state index contributed by atoms with van der Waals surface area (Å²) in [4.78, 5) is 33.1. The minimum Gasteiger partial charge on any atom is -0.375 e. The molecule has 5 heterocycles. The number of carbonyl (C=O) groups excluding carboxylic acids is 2. The van der Waals surface area contributed by atoms with Gasteiger partial charge in [0.05, 0.1) is 0 Å². The zero-order chi connectivity index (χ0) is 37.9. The maximum absolute atomic E-state index is 14.8. The normalized spacial score (nSPS) is 17.3. The molecule has 0 radical (unpaired) electrons. The number of amides is 1. The molecule has 0 bridgehead atoms. The lowest BCUT2D eigenvalue weighted by atomic mass is 9.88. The number of aryl methyl sites for hydroxylation is 2. The van der Waals surface area contributed by atoms with Crippen molar-refractivity contribution in [1.29, 1.82) is 0 Å². The molecular formula is C42H60F2N6O2. The molecule has 1 aromatic carbocycles. The summed E-state index contributed by atoms with van der Waals surface area (Å²) in [7, 11) is 4.13. The van der Waals surface area contributed by atoms with Gasteiger partial charge in [0.25, 0.3) is 6.43 Å². The maximum atomic E-state index is 14.8. The molecule has 2 aromatic rings. The van der Waals surface area contributed by atoms with Crippen molar-refractivity contribution in [3.05, 3.63) is 52.0 Å². The Balaban J connectivity index is 0.000000594. The van der Waals surface area contributed by atoms with Gasteiger partial charge in [-0.2, -0.15) is 0 Å². The van der Waals surface area contributed by atoms with Crippen molar-refractivity contribution in [3.8, 4) is 23.5 Å². The van der Waals surface area contributed by atoms with Crippen LogP contribution < -0.4 is 10.2 Å². The molecular weight excluding hydrogens is 658 g/mol. The summed E-state index contributed by atoms with van der Waals surface area (Å²) in [6.07, 6.45) is 15.9. The lowest BCUT2D eigenvalue weighted by molar-refractivity contribution is -0.122. The number of carbonyl (C=O) groups is 2. The Morgan fingerprint density at radius 1 is 1.12 bits per heavy atom. The first-order valence-electron chi connectivity index (χ1n) is 19.3. The van der Waals surface area contributed by atoms with E-state index in [-0.39, 0.29) is 5.56 Å². The number of nitrogens with one attached hydrogen (secondary N) is 1. The minimum atomic E-state index is -2.64. The van der Waals surface area contributed by atoms with E-state index < -0.39 is 12.5 Å². The molecule has 4 aliphatic rings. The van der Waals surface area contributed by atoms with Crippen molar-refractivity contribution in [2.45, 2.75) is 104 Å². The molecule has 0 saturated carbocycles. The fraction of sp³-hybridized carbons (Fsp3) is 0.595. The van der Waals surface area contributed by atoms with Gasteiger partial charge >= 0.3 is 0 Å². The Morgan fingerprint density at radius 2 is 1.83 bits per heavy atom. The number of rotatable bonds is 12. The predicted octanol–water partition coefficient (Wildman–Crippen LogP) is 7.20. The van der Waals surface area contributed by atoms with Crippen molar-refractivity contribution >= 4 is 24.1 Å². The van der Waals surface area contributed by atoms with Crippen LogP contribution in [0.4, 0.5) is 14.5 Å². The predicted molar refractivity (Wildman–Crippen MR) is 209 cm³/mol. The Kier molecular flexibility index (Phi) is 15.1. The van der Waals surface area contributed by atoms with Crippen molar-refractivity contribution in [2.24, 2.45) is 18.0 Å². The number of benzene rings is 1. The highest BCUT2D eigenvalue weighted by molar-refractivity contribution is 5.94. The number of terminal acetylenes is 1. The number of aliphatic imine (C=N–C) groups is 1. The number of alkyl halides is 2. The monoisotopic (exact) mass is 718 g/mol. The van der Waals surface area contributed by atoms with Gasteiger partial charge in [0, 0.05) is 130 Å². The van der Waals surface area contributed by atoms with E-state index in [1.54, 1.807) is 17.9 Å². The first-order chi connectivity index (χ1) is 25.1. The van der Waals surface area contributed by atoms with Crippen LogP contribution in [0.25, 0.3) is 11.1 Å². The van der Waals surface area contributed by atoms with E-state index in [0.29, 0.717) is 49.5 Å². The second-order valence-corrected chi connectivity index (χ2v) is 14.1. The number of nitrogens with zero attached hydrogens (tertiary/aromatic N) is 5. The number of aromatic nitrogens is 1. The fourth-order valence-corrected chi connectivity index (χ4v) is 7.95. The molecule has 8 nitrogen and oxygen atoms in total. The van der Waals surface area contributed by atoms with Gasteiger partial charge in [0.2, 0.25) is 6.41 Å². The van der Waals surface area contributed by atoms with E-state index in [1.165, 1.54) is 5.70 Å². The number of Topliss-reactive ketones (excluding diaryl/α,β-unsaturated/α-hetero) is 1. The lowest BCUT2D eigenvalue weighted by Gasteiger charge is -2.43. The lowest BCUT2D eigenvalue weighted by Crippen LogP contribution is -2.47. The molecule has 4 aliphatic heterocycles. The van der Waals surface area contributed by atoms with Gasteiger partial charge < -0.3 is 24.6 Å². The molecule has 1 saturated heterocycles. The van der Waals surface area contributed by atoms with Gasteiger partial charge in [0.1, 0.15) is 11.8 Å².